The Labute approximate surface area is 163 Å². The summed E-state index contributed by atoms with van der Waals surface area (Å²) >= 11 is 5.66. The minimum absolute atomic E-state index is 0.0211. The van der Waals surface area contributed by atoms with Crippen LogP contribution >= 0.6 is 11.6 Å². The molecule has 2 rings (SSSR count). The molecular formula is C19H21ClN4O3. The van der Waals surface area contributed by atoms with Crippen molar-refractivity contribution in [2.24, 2.45) is 0 Å². The van der Waals surface area contributed by atoms with Crippen molar-refractivity contribution in [3.8, 4) is 17.6 Å². The number of nitrogens with zero attached hydrogens (tertiary/aromatic N) is 3. The first-order valence-corrected chi connectivity index (χ1v) is 8.84. The zero-order valence-corrected chi connectivity index (χ0v) is 16.0. The van der Waals surface area contributed by atoms with Gasteiger partial charge in [-0.3, -0.25) is 9.48 Å². The fourth-order valence-corrected chi connectivity index (χ4v) is 2.60. The van der Waals surface area contributed by atoms with Crippen molar-refractivity contribution in [1.29, 1.82) is 5.26 Å². The number of alkyl halides is 1. The summed E-state index contributed by atoms with van der Waals surface area (Å²) in [5, 5.41) is 16.1. The average Bonchev–Trinajstić information content (AvgIpc) is 3.13. The van der Waals surface area contributed by atoms with Crippen molar-refractivity contribution in [2.75, 3.05) is 26.6 Å². The van der Waals surface area contributed by atoms with Gasteiger partial charge in [0.25, 0.3) is 5.91 Å². The number of halogens is 1. The highest BCUT2D eigenvalue weighted by Gasteiger charge is 2.10. The topological polar surface area (TPSA) is 89.2 Å². The number of carbonyl (C=O) groups is 1. The largest absolute Gasteiger partial charge is 0.493 e. The third kappa shape index (κ3) is 5.76. The number of hydrogen-bond acceptors (Lipinski definition) is 5. The Bertz CT molecular complexity index is 855. The van der Waals surface area contributed by atoms with Gasteiger partial charge in [-0.15, -0.1) is 11.6 Å². The smallest absolute Gasteiger partial charge is 0.261 e. The number of methoxy groups -OCH3 is 2. The minimum Gasteiger partial charge on any atom is -0.493 e. The van der Waals surface area contributed by atoms with Gasteiger partial charge >= 0.3 is 0 Å². The lowest BCUT2D eigenvalue weighted by Crippen LogP contribution is -2.26. The molecule has 0 saturated carbocycles. The van der Waals surface area contributed by atoms with E-state index in [1.807, 2.05) is 24.3 Å². The second kappa shape index (κ2) is 10.2. The predicted molar refractivity (Wildman–Crippen MR) is 103 cm³/mol. The van der Waals surface area contributed by atoms with E-state index in [0.717, 1.165) is 5.56 Å². The SMILES string of the molecule is COc1ccc(CCNC(=O)/C(C#N)=C\c2cnn(CCCl)c2)cc1OC. The van der Waals surface area contributed by atoms with E-state index in [0.29, 0.717) is 42.5 Å². The van der Waals surface area contributed by atoms with E-state index in [-0.39, 0.29) is 5.57 Å². The van der Waals surface area contributed by atoms with Gasteiger partial charge in [0.05, 0.1) is 27.0 Å². The van der Waals surface area contributed by atoms with Crippen LogP contribution in [0.15, 0.2) is 36.2 Å². The van der Waals surface area contributed by atoms with Gasteiger partial charge in [-0.2, -0.15) is 10.4 Å². The van der Waals surface area contributed by atoms with Gasteiger partial charge in [0.15, 0.2) is 11.5 Å². The number of aryl methyl sites for hydroxylation is 1. The fraction of sp³-hybridized carbons (Fsp3) is 0.316. The van der Waals surface area contributed by atoms with Crippen LogP contribution in [0.5, 0.6) is 11.5 Å². The number of rotatable bonds is 9. The van der Waals surface area contributed by atoms with Crippen LogP contribution in [0.1, 0.15) is 11.1 Å². The van der Waals surface area contributed by atoms with Crippen LogP contribution < -0.4 is 14.8 Å². The summed E-state index contributed by atoms with van der Waals surface area (Å²) in [6, 6.07) is 7.50. The van der Waals surface area contributed by atoms with Gasteiger partial charge in [-0.1, -0.05) is 6.07 Å². The van der Waals surface area contributed by atoms with Crippen molar-refractivity contribution in [1.82, 2.24) is 15.1 Å². The summed E-state index contributed by atoms with van der Waals surface area (Å²) in [5.41, 5.74) is 1.68. The Morgan fingerprint density at radius 2 is 2.15 bits per heavy atom. The molecule has 0 bridgehead atoms. The van der Waals surface area contributed by atoms with Gasteiger partial charge in [0.1, 0.15) is 11.6 Å². The molecule has 0 aliphatic carbocycles. The number of hydrogen-bond donors (Lipinski definition) is 1. The normalized spacial score (nSPS) is 11.0. The lowest BCUT2D eigenvalue weighted by Gasteiger charge is -2.10. The van der Waals surface area contributed by atoms with Crippen LogP contribution in [0.2, 0.25) is 0 Å². The zero-order chi connectivity index (χ0) is 19.6. The van der Waals surface area contributed by atoms with Crippen LogP contribution in [0, 0.1) is 11.3 Å². The maximum absolute atomic E-state index is 12.2. The third-order valence-electron chi connectivity index (χ3n) is 3.79. The van der Waals surface area contributed by atoms with Crippen LogP contribution in [-0.2, 0) is 17.8 Å². The van der Waals surface area contributed by atoms with Gasteiger partial charge in [-0.25, -0.2) is 0 Å². The van der Waals surface area contributed by atoms with Crippen molar-refractivity contribution in [3.63, 3.8) is 0 Å². The quantitative estimate of drug-likeness (QED) is 0.405. The molecule has 142 valence electrons. The van der Waals surface area contributed by atoms with E-state index in [1.54, 1.807) is 31.3 Å². The summed E-state index contributed by atoms with van der Waals surface area (Å²) < 4.78 is 12.1. The molecule has 1 heterocycles. The standard InChI is InChI=1S/C19H21ClN4O3/c1-26-17-4-3-14(10-18(17)27-2)5-7-22-19(25)16(11-21)9-15-12-23-24(13-15)8-6-20/h3-4,9-10,12-13H,5-8H2,1-2H3,(H,22,25)/b16-9-. The van der Waals surface area contributed by atoms with Crippen molar-refractivity contribution in [3.05, 3.63) is 47.3 Å². The third-order valence-corrected chi connectivity index (χ3v) is 3.96. The Morgan fingerprint density at radius 3 is 2.81 bits per heavy atom. The highest BCUT2D eigenvalue weighted by Crippen LogP contribution is 2.27. The molecule has 8 heteroatoms. The Hall–Kier alpha value is -2.98. The van der Waals surface area contributed by atoms with E-state index in [1.165, 1.54) is 6.08 Å². The first-order valence-electron chi connectivity index (χ1n) is 8.30. The number of aromatic nitrogens is 2. The monoisotopic (exact) mass is 388 g/mol. The van der Waals surface area contributed by atoms with Gasteiger partial charge < -0.3 is 14.8 Å². The molecule has 7 nitrogen and oxygen atoms in total. The lowest BCUT2D eigenvalue weighted by atomic mass is 10.1. The maximum Gasteiger partial charge on any atom is 0.261 e. The highest BCUT2D eigenvalue weighted by molar-refractivity contribution is 6.17. The minimum atomic E-state index is -0.428. The summed E-state index contributed by atoms with van der Waals surface area (Å²) in [6.07, 6.45) is 5.42. The average molecular weight is 389 g/mol. The second-order valence-corrected chi connectivity index (χ2v) is 5.97. The number of nitriles is 1. The summed E-state index contributed by atoms with van der Waals surface area (Å²) in [6.45, 7) is 0.952. The molecule has 1 aromatic carbocycles. The van der Waals surface area contributed by atoms with Crippen LogP contribution in [0.25, 0.3) is 6.08 Å². The molecule has 1 N–H and O–H groups in total. The number of amides is 1. The van der Waals surface area contributed by atoms with Crippen LogP contribution in [-0.4, -0.2) is 42.3 Å². The molecule has 1 aromatic heterocycles. The molecule has 0 aliphatic heterocycles. The van der Waals surface area contributed by atoms with Crippen molar-refractivity contribution >= 4 is 23.6 Å². The van der Waals surface area contributed by atoms with Crippen molar-refractivity contribution < 1.29 is 14.3 Å². The molecule has 0 saturated heterocycles. The molecule has 2 aromatic rings. The van der Waals surface area contributed by atoms with Crippen LogP contribution in [0.3, 0.4) is 0 Å². The predicted octanol–water partition coefficient (Wildman–Crippen LogP) is 2.40. The van der Waals surface area contributed by atoms with E-state index >= 15 is 0 Å². The molecule has 27 heavy (non-hydrogen) atoms. The first kappa shape index (κ1) is 20.3. The molecule has 0 spiro atoms. The summed E-state index contributed by atoms with van der Waals surface area (Å²) in [5.74, 6) is 1.29. The zero-order valence-electron chi connectivity index (χ0n) is 15.2. The number of carbonyl (C=O) groups excluding carboxylic acids is 1. The molecule has 1 amide bonds. The van der Waals surface area contributed by atoms with Crippen LogP contribution in [0.4, 0.5) is 0 Å². The van der Waals surface area contributed by atoms with Crippen molar-refractivity contribution in [2.45, 2.75) is 13.0 Å². The Balaban J connectivity index is 1.95. The maximum atomic E-state index is 12.2. The molecule has 0 fully saturated rings. The van der Waals surface area contributed by atoms with E-state index in [9.17, 15) is 10.1 Å². The van der Waals surface area contributed by atoms with E-state index < -0.39 is 5.91 Å². The fourth-order valence-electron chi connectivity index (χ4n) is 2.43. The second-order valence-electron chi connectivity index (χ2n) is 5.59. The van der Waals surface area contributed by atoms with Gasteiger partial charge in [-0.05, 0) is 30.2 Å². The molecule has 0 unspecified atom stereocenters. The molecule has 0 aliphatic rings. The van der Waals surface area contributed by atoms with Gasteiger partial charge in [0, 0.05) is 24.2 Å². The summed E-state index contributed by atoms with van der Waals surface area (Å²) in [4.78, 5) is 12.2. The Morgan fingerprint density at radius 1 is 1.37 bits per heavy atom. The number of ether oxygens (including phenoxy) is 2. The molecule has 0 radical (unpaired) electrons. The van der Waals surface area contributed by atoms with E-state index in [2.05, 4.69) is 10.4 Å². The number of nitrogens with one attached hydrogen (secondary N) is 1. The van der Waals surface area contributed by atoms with E-state index in [4.69, 9.17) is 21.1 Å². The number of benzene rings is 1. The first-order chi connectivity index (χ1) is 13.1. The van der Waals surface area contributed by atoms with Gasteiger partial charge in [0.2, 0.25) is 0 Å². The summed E-state index contributed by atoms with van der Waals surface area (Å²) in [7, 11) is 3.15. The molecule has 0 atom stereocenters. The lowest BCUT2D eigenvalue weighted by molar-refractivity contribution is -0.117. The Kier molecular flexibility index (Phi) is 7.71. The molecular weight excluding hydrogens is 368 g/mol. The highest BCUT2D eigenvalue weighted by atomic mass is 35.5.